The van der Waals surface area contributed by atoms with Crippen molar-refractivity contribution < 1.29 is 9.59 Å². The molecule has 2 saturated carbocycles. The van der Waals surface area contributed by atoms with Gasteiger partial charge in [0.2, 0.25) is 11.8 Å². The minimum absolute atomic E-state index is 0.284. The highest BCUT2D eigenvalue weighted by molar-refractivity contribution is 5.79. The fourth-order valence-electron chi connectivity index (χ4n) is 6.74. The molecule has 5 heteroatoms. The maximum absolute atomic E-state index is 13.2. The smallest absolute Gasteiger partial charge is 0.225 e. The highest BCUT2D eigenvalue weighted by Crippen LogP contribution is 2.59. The number of hydrogen-bond acceptors (Lipinski definition) is 3. The van der Waals surface area contributed by atoms with E-state index in [0.29, 0.717) is 29.6 Å². The third kappa shape index (κ3) is 5.66. The van der Waals surface area contributed by atoms with Crippen molar-refractivity contribution in [1.29, 1.82) is 0 Å². The van der Waals surface area contributed by atoms with Crippen molar-refractivity contribution in [2.24, 2.45) is 23.2 Å². The van der Waals surface area contributed by atoms with Gasteiger partial charge in [-0.3, -0.25) is 14.5 Å². The number of carbonyl (C=O) groups excluding carboxylic acids is 2. The highest BCUT2D eigenvalue weighted by Gasteiger charge is 2.51. The molecule has 2 amide bonds. The van der Waals surface area contributed by atoms with Crippen molar-refractivity contribution in [2.75, 3.05) is 45.8 Å². The summed E-state index contributed by atoms with van der Waals surface area (Å²) in [5, 5.41) is 0. The molecule has 0 aromatic rings. The van der Waals surface area contributed by atoms with E-state index in [9.17, 15) is 9.59 Å². The third-order valence-electron chi connectivity index (χ3n) is 9.38. The van der Waals surface area contributed by atoms with Crippen molar-refractivity contribution in [3.05, 3.63) is 11.6 Å². The Hall–Kier alpha value is -1.36. The number of unbranched alkanes of at least 4 members (excludes halogenated alkanes) is 2. The maximum Gasteiger partial charge on any atom is 0.225 e. The predicted octanol–water partition coefficient (Wildman–Crippen LogP) is 4.72. The normalized spacial score (nSPS) is 27.2. The summed E-state index contributed by atoms with van der Waals surface area (Å²) in [5.74, 6) is 2.51. The molecule has 3 fully saturated rings. The Balaban J connectivity index is 1.28. The number of hydrogen-bond donors (Lipinski definition) is 0. The first-order valence-corrected chi connectivity index (χ1v) is 13.9. The zero-order chi connectivity index (χ0) is 23.4. The fraction of sp³-hybridized carbons (Fsp3) is 0.857. The molecule has 5 nitrogen and oxygen atoms in total. The van der Waals surface area contributed by atoms with Gasteiger partial charge in [0.1, 0.15) is 0 Å². The highest BCUT2D eigenvalue weighted by atomic mass is 16.2. The number of carbonyl (C=O) groups is 2. The van der Waals surface area contributed by atoms with Gasteiger partial charge in [-0.25, -0.2) is 0 Å². The Morgan fingerprint density at radius 1 is 1.09 bits per heavy atom. The minimum Gasteiger partial charge on any atom is -0.340 e. The van der Waals surface area contributed by atoms with Gasteiger partial charge >= 0.3 is 0 Å². The summed E-state index contributed by atoms with van der Waals surface area (Å²) >= 11 is 0. The van der Waals surface area contributed by atoms with Crippen LogP contribution in [0.1, 0.15) is 85.0 Å². The molecule has 4 aliphatic carbocycles. The molecule has 1 saturated heterocycles. The zero-order valence-electron chi connectivity index (χ0n) is 21.5. The Morgan fingerprint density at radius 3 is 2.45 bits per heavy atom. The van der Waals surface area contributed by atoms with E-state index in [-0.39, 0.29) is 5.92 Å². The number of nitrogens with zero attached hydrogens (tertiary/aromatic N) is 3. The second-order valence-corrected chi connectivity index (χ2v) is 11.7. The van der Waals surface area contributed by atoms with Crippen LogP contribution in [0.15, 0.2) is 11.6 Å². The lowest BCUT2D eigenvalue weighted by atomic mass is 9.49. The SMILES string of the molecule is CCCCCC(=O)N(CCN1CCN(C(=O)C2CCCC2)CC1)CC1=CCC2CC1C2(C)C. The van der Waals surface area contributed by atoms with E-state index in [4.69, 9.17) is 0 Å². The Morgan fingerprint density at radius 2 is 1.82 bits per heavy atom. The lowest BCUT2D eigenvalue weighted by Gasteiger charge is -2.57. The van der Waals surface area contributed by atoms with Gasteiger partial charge in [-0.15, -0.1) is 0 Å². The van der Waals surface area contributed by atoms with E-state index in [1.807, 2.05) is 0 Å². The number of fused-ring (bicyclic) bond motifs is 1. The summed E-state index contributed by atoms with van der Waals surface area (Å²) < 4.78 is 0. The molecule has 5 aliphatic rings. The summed E-state index contributed by atoms with van der Waals surface area (Å²) in [7, 11) is 0. The summed E-state index contributed by atoms with van der Waals surface area (Å²) in [6.07, 6.45) is 13.5. The first-order chi connectivity index (χ1) is 15.9. The largest absolute Gasteiger partial charge is 0.340 e. The molecule has 0 aromatic carbocycles. The van der Waals surface area contributed by atoms with Gasteiger partial charge in [0.15, 0.2) is 0 Å². The lowest BCUT2D eigenvalue weighted by molar-refractivity contribution is -0.137. The monoisotopic (exact) mass is 457 g/mol. The van der Waals surface area contributed by atoms with Gasteiger partial charge in [0.05, 0.1) is 0 Å². The van der Waals surface area contributed by atoms with Crippen molar-refractivity contribution in [3.8, 4) is 0 Å². The van der Waals surface area contributed by atoms with Crippen molar-refractivity contribution in [2.45, 2.75) is 85.0 Å². The van der Waals surface area contributed by atoms with Gasteiger partial charge in [0, 0.05) is 58.2 Å². The van der Waals surface area contributed by atoms with Crippen LogP contribution in [-0.4, -0.2) is 72.3 Å². The summed E-state index contributed by atoms with van der Waals surface area (Å²) in [6, 6.07) is 0. The maximum atomic E-state index is 13.2. The van der Waals surface area contributed by atoms with E-state index in [1.54, 1.807) is 0 Å². The van der Waals surface area contributed by atoms with Gasteiger partial charge in [-0.2, -0.15) is 0 Å². The van der Waals surface area contributed by atoms with Crippen LogP contribution in [0.25, 0.3) is 0 Å². The molecule has 0 spiro atoms. The third-order valence-corrected chi connectivity index (χ3v) is 9.38. The van der Waals surface area contributed by atoms with E-state index < -0.39 is 0 Å². The zero-order valence-corrected chi connectivity index (χ0v) is 21.5. The van der Waals surface area contributed by atoms with Crippen LogP contribution < -0.4 is 0 Å². The first kappa shape index (κ1) is 24.8. The molecule has 186 valence electrons. The first-order valence-electron chi connectivity index (χ1n) is 13.9. The van der Waals surface area contributed by atoms with Gasteiger partial charge in [-0.1, -0.05) is 58.1 Å². The second-order valence-electron chi connectivity index (χ2n) is 11.7. The molecule has 2 bridgehead atoms. The van der Waals surface area contributed by atoms with E-state index in [1.165, 1.54) is 31.3 Å². The summed E-state index contributed by atoms with van der Waals surface area (Å²) in [4.78, 5) is 32.6. The van der Waals surface area contributed by atoms with Gasteiger partial charge < -0.3 is 9.80 Å². The second kappa shape index (κ2) is 10.9. The fourth-order valence-corrected chi connectivity index (χ4v) is 6.74. The summed E-state index contributed by atoms with van der Waals surface area (Å²) in [6.45, 7) is 13.2. The molecule has 0 aromatic heterocycles. The van der Waals surface area contributed by atoms with Crippen LogP contribution >= 0.6 is 0 Å². The number of piperazine rings is 1. The van der Waals surface area contributed by atoms with Crippen molar-refractivity contribution >= 4 is 11.8 Å². The topological polar surface area (TPSA) is 43.9 Å². The molecule has 1 aliphatic heterocycles. The van der Waals surface area contributed by atoms with Crippen LogP contribution in [-0.2, 0) is 9.59 Å². The number of rotatable bonds is 10. The molecular weight excluding hydrogens is 410 g/mol. The van der Waals surface area contributed by atoms with Crippen molar-refractivity contribution in [3.63, 3.8) is 0 Å². The molecule has 2 atom stereocenters. The Bertz CT molecular complexity index is 717. The van der Waals surface area contributed by atoms with Crippen LogP contribution in [0.4, 0.5) is 0 Å². The van der Waals surface area contributed by atoms with Crippen LogP contribution in [0.3, 0.4) is 0 Å². The Kier molecular flexibility index (Phi) is 8.19. The molecule has 33 heavy (non-hydrogen) atoms. The van der Waals surface area contributed by atoms with E-state index in [0.717, 1.165) is 83.8 Å². The van der Waals surface area contributed by atoms with Crippen LogP contribution in [0.2, 0.25) is 0 Å². The number of allylic oxidation sites excluding steroid dienone is 1. The molecular formula is C28H47N3O2. The minimum atomic E-state index is 0.284. The standard InChI is InChI=1S/C28H47N3O2/c1-4-5-6-11-26(32)31(21-23-12-13-24-20-25(23)28(24,2)3)19-16-29-14-17-30(18-15-29)27(33)22-9-7-8-10-22/h12,22,24-25H,4-11,13-21H2,1-3H3. The van der Waals surface area contributed by atoms with E-state index >= 15 is 0 Å². The average Bonchev–Trinajstić information content (AvgIpc) is 3.36. The molecule has 5 rings (SSSR count). The Labute approximate surface area is 201 Å². The van der Waals surface area contributed by atoms with Crippen LogP contribution in [0, 0.1) is 23.2 Å². The molecule has 2 unspecified atom stereocenters. The summed E-state index contributed by atoms with van der Waals surface area (Å²) in [5.41, 5.74) is 1.92. The number of amides is 2. The van der Waals surface area contributed by atoms with Gasteiger partial charge in [0.25, 0.3) is 0 Å². The van der Waals surface area contributed by atoms with E-state index in [2.05, 4.69) is 41.5 Å². The predicted molar refractivity (Wildman–Crippen MR) is 134 cm³/mol. The quantitative estimate of drug-likeness (QED) is 0.352. The van der Waals surface area contributed by atoms with Gasteiger partial charge in [-0.05, 0) is 49.4 Å². The molecule has 0 radical (unpaired) electrons. The van der Waals surface area contributed by atoms with Crippen molar-refractivity contribution in [1.82, 2.24) is 14.7 Å². The molecule has 0 N–H and O–H groups in total. The van der Waals surface area contributed by atoms with Crippen LogP contribution in [0.5, 0.6) is 0 Å². The average molecular weight is 458 g/mol. The molecule has 1 heterocycles. The lowest BCUT2D eigenvalue weighted by Crippen LogP contribution is -2.53.